The monoisotopic (exact) mass is 271 g/mol. The van der Waals surface area contributed by atoms with E-state index in [-0.39, 0.29) is 18.4 Å². The molecule has 1 aromatic heterocycles. The van der Waals surface area contributed by atoms with Crippen LogP contribution in [0.3, 0.4) is 0 Å². The van der Waals surface area contributed by atoms with Gasteiger partial charge >= 0.3 is 5.97 Å². The Labute approximate surface area is 110 Å². The van der Waals surface area contributed by atoms with Crippen LogP contribution in [0, 0.1) is 0 Å². The summed E-state index contributed by atoms with van der Waals surface area (Å²) in [6, 6.07) is 1.69. The molecule has 1 rings (SSSR count). The fraction of sp³-hybridized carbons (Fsp3) is 0.500. The van der Waals surface area contributed by atoms with Crippen LogP contribution in [0.25, 0.3) is 0 Å². The van der Waals surface area contributed by atoms with Crippen molar-refractivity contribution < 1.29 is 19.4 Å². The van der Waals surface area contributed by atoms with Crippen molar-refractivity contribution in [3.05, 3.63) is 21.9 Å². The minimum absolute atomic E-state index is 0.0524. The van der Waals surface area contributed by atoms with Gasteiger partial charge in [0.15, 0.2) is 0 Å². The van der Waals surface area contributed by atoms with Crippen LogP contribution in [-0.2, 0) is 16.1 Å². The third-order valence-corrected chi connectivity index (χ3v) is 3.38. The van der Waals surface area contributed by atoms with Crippen LogP contribution in [0.15, 0.2) is 11.4 Å². The molecule has 0 fully saturated rings. The number of methoxy groups -OCH3 is 1. The molecule has 1 atom stereocenters. The standard InChI is InChI=1S/C12H17NO4S/c1-8(3-4-10(14)15)13-12(16)11-9(7-17-2)5-6-18-11/h5-6,8H,3-4,7H2,1-2H3,(H,13,16)(H,14,15). The van der Waals surface area contributed by atoms with Crippen molar-refractivity contribution in [3.63, 3.8) is 0 Å². The van der Waals surface area contributed by atoms with Gasteiger partial charge in [0.2, 0.25) is 0 Å². The first-order valence-corrected chi connectivity index (χ1v) is 6.50. The number of aliphatic carboxylic acids is 1. The number of carbonyl (C=O) groups is 2. The molecule has 5 nitrogen and oxygen atoms in total. The van der Waals surface area contributed by atoms with E-state index in [4.69, 9.17) is 9.84 Å². The molecule has 2 N–H and O–H groups in total. The summed E-state index contributed by atoms with van der Waals surface area (Å²) in [6.45, 7) is 2.19. The molecule has 0 aliphatic carbocycles. The summed E-state index contributed by atoms with van der Waals surface area (Å²) in [5, 5.41) is 13.2. The predicted molar refractivity (Wildman–Crippen MR) is 68.8 cm³/mol. The normalized spacial score (nSPS) is 12.1. The summed E-state index contributed by atoms with van der Waals surface area (Å²) in [4.78, 5) is 23.0. The lowest BCUT2D eigenvalue weighted by Gasteiger charge is -2.12. The maximum absolute atomic E-state index is 12.0. The molecule has 100 valence electrons. The van der Waals surface area contributed by atoms with Gasteiger partial charge < -0.3 is 15.2 Å². The van der Waals surface area contributed by atoms with Crippen molar-refractivity contribution in [2.75, 3.05) is 7.11 Å². The van der Waals surface area contributed by atoms with Crippen molar-refractivity contribution in [1.29, 1.82) is 0 Å². The van der Waals surface area contributed by atoms with Crippen molar-refractivity contribution in [3.8, 4) is 0 Å². The summed E-state index contributed by atoms with van der Waals surface area (Å²) in [5.74, 6) is -1.03. The number of nitrogens with one attached hydrogen (secondary N) is 1. The molecule has 18 heavy (non-hydrogen) atoms. The van der Waals surface area contributed by atoms with Crippen LogP contribution >= 0.6 is 11.3 Å². The van der Waals surface area contributed by atoms with Crippen molar-refractivity contribution in [2.45, 2.75) is 32.4 Å². The molecule has 6 heteroatoms. The minimum Gasteiger partial charge on any atom is -0.481 e. The third kappa shape index (κ3) is 4.46. The molecule has 1 unspecified atom stereocenters. The van der Waals surface area contributed by atoms with E-state index in [9.17, 15) is 9.59 Å². The lowest BCUT2D eigenvalue weighted by molar-refractivity contribution is -0.137. The van der Waals surface area contributed by atoms with Gasteiger partial charge in [-0.15, -0.1) is 11.3 Å². The zero-order valence-corrected chi connectivity index (χ0v) is 11.3. The number of amides is 1. The number of carbonyl (C=O) groups excluding carboxylic acids is 1. The lowest BCUT2D eigenvalue weighted by Crippen LogP contribution is -2.32. The highest BCUT2D eigenvalue weighted by atomic mass is 32.1. The maximum atomic E-state index is 12.0. The van der Waals surface area contributed by atoms with E-state index in [2.05, 4.69) is 5.32 Å². The van der Waals surface area contributed by atoms with Crippen molar-refractivity contribution >= 4 is 23.2 Å². The molecule has 0 saturated heterocycles. The van der Waals surface area contributed by atoms with Crippen LogP contribution in [0.2, 0.25) is 0 Å². The van der Waals surface area contributed by atoms with Crippen LogP contribution in [0.4, 0.5) is 0 Å². The van der Waals surface area contributed by atoms with Crippen LogP contribution in [0.5, 0.6) is 0 Å². The molecule has 0 saturated carbocycles. The Hall–Kier alpha value is -1.40. The number of carboxylic acids is 1. The van der Waals surface area contributed by atoms with E-state index in [0.717, 1.165) is 5.56 Å². The largest absolute Gasteiger partial charge is 0.481 e. The van der Waals surface area contributed by atoms with Gasteiger partial charge in [0.05, 0.1) is 11.5 Å². The molecule has 1 aromatic rings. The second-order valence-corrected chi connectivity index (χ2v) is 4.93. The fourth-order valence-electron chi connectivity index (χ4n) is 1.51. The zero-order chi connectivity index (χ0) is 13.5. The van der Waals surface area contributed by atoms with Crippen LogP contribution in [0.1, 0.15) is 35.0 Å². The number of rotatable bonds is 7. The van der Waals surface area contributed by atoms with Crippen LogP contribution < -0.4 is 5.32 Å². The van der Waals surface area contributed by atoms with E-state index in [1.807, 2.05) is 11.4 Å². The van der Waals surface area contributed by atoms with Gasteiger partial charge in [-0.2, -0.15) is 0 Å². The smallest absolute Gasteiger partial charge is 0.303 e. The van der Waals surface area contributed by atoms with Gasteiger partial charge in [0.25, 0.3) is 5.91 Å². The molecular weight excluding hydrogens is 254 g/mol. The summed E-state index contributed by atoms with van der Waals surface area (Å²) in [5.41, 5.74) is 0.852. The second kappa shape index (κ2) is 7.13. The fourth-order valence-corrected chi connectivity index (χ4v) is 2.32. The van der Waals surface area contributed by atoms with Gasteiger partial charge in [-0.05, 0) is 24.8 Å². The Kier molecular flexibility index (Phi) is 5.80. The Morgan fingerprint density at radius 3 is 2.89 bits per heavy atom. The highest BCUT2D eigenvalue weighted by Crippen LogP contribution is 2.17. The molecule has 0 aliphatic heterocycles. The number of carboxylic acid groups (broad SMARTS) is 1. The van der Waals surface area contributed by atoms with E-state index < -0.39 is 5.97 Å². The molecule has 0 aliphatic rings. The average Bonchev–Trinajstić information content (AvgIpc) is 2.75. The van der Waals surface area contributed by atoms with Gasteiger partial charge in [0.1, 0.15) is 0 Å². The molecule has 0 bridgehead atoms. The SMILES string of the molecule is COCc1ccsc1C(=O)NC(C)CCC(=O)O. The summed E-state index contributed by atoms with van der Waals surface area (Å²) in [6.07, 6.45) is 0.475. The zero-order valence-electron chi connectivity index (χ0n) is 10.4. The topological polar surface area (TPSA) is 75.6 Å². The first-order chi connectivity index (χ1) is 8.54. The number of hydrogen-bond acceptors (Lipinski definition) is 4. The molecule has 0 radical (unpaired) electrons. The van der Waals surface area contributed by atoms with Gasteiger partial charge in [-0.1, -0.05) is 0 Å². The first kappa shape index (κ1) is 14.7. The van der Waals surface area contributed by atoms with E-state index in [0.29, 0.717) is 17.9 Å². The number of ether oxygens (including phenoxy) is 1. The highest BCUT2D eigenvalue weighted by Gasteiger charge is 2.15. The van der Waals surface area contributed by atoms with Gasteiger partial charge in [0, 0.05) is 25.1 Å². The minimum atomic E-state index is -0.854. The summed E-state index contributed by atoms with van der Waals surface area (Å²) in [7, 11) is 1.58. The Balaban J connectivity index is 2.53. The number of thiophene rings is 1. The quantitative estimate of drug-likeness (QED) is 0.794. The third-order valence-electron chi connectivity index (χ3n) is 2.42. The Morgan fingerprint density at radius 2 is 2.28 bits per heavy atom. The first-order valence-electron chi connectivity index (χ1n) is 5.62. The lowest BCUT2D eigenvalue weighted by atomic mass is 10.1. The van der Waals surface area contributed by atoms with E-state index in [1.54, 1.807) is 14.0 Å². The molecular formula is C12H17NO4S. The highest BCUT2D eigenvalue weighted by molar-refractivity contribution is 7.12. The predicted octanol–water partition coefficient (Wildman–Crippen LogP) is 1.88. The summed E-state index contributed by atoms with van der Waals surface area (Å²) < 4.78 is 5.01. The van der Waals surface area contributed by atoms with E-state index in [1.165, 1.54) is 11.3 Å². The Bertz CT molecular complexity index is 416. The summed E-state index contributed by atoms with van der Waals surface area (Å²) >= 11 is 1.36. The maximum Gasteiger partial charge on any atom is 0.303 e. The van der Waals surface area contributed by atoms with Crippen molar-refractivity contribution in [1.82, 2.24) is 5.32 Å². The van der Waals surface area contributed by atoms with Gasteiger partial charge in [-0.25, -0.2) is 0 Å². The van der Waals surface area contributed by atoms with E-state index >= 15 is 0 Å². The molecule has 0 spiro atoms. The number of hydrogen-bond donors (Lipinski definition) is 2. The van der Waals surface area contributed by atoms with Crippen molar-refractivity contribution in [2.24, 2.45) is 0 Å². The van der Waals surface area contributed by atoms with Gasteiger partial charge in [-0.3, -0.25) is 9.59 Å². The van der Waals surface area contributed by atoms with Crippen LogP contribution in [-0.4, -0.2) is 30.1 Å². The molecule has 0 aromatic carbocycles. The average molecular weight is 271 g/mol. The second-order valence-electron chi connectivity index (χ2n) is 4.01. The molecule has 1 amide bonds. The molecule has 1 heterocycles. The Morgan fingerprint density at radius 1 is 1.56 bits per heavy atom.